The molecule has 0 radical (unpaired) electrons. The monoisotopic (exact) mass is 337 g/mol. The van der Waals surface area contributed by atoms with Crippen molar-refractivity contribution in [3.63, 3.8) is 0 Å². The molecular weight excluding hydrogens is 310 g/mol. The molecule has 124 valence electrons. The summed E-state index contributed by atoms with van der Waals surface area (Å²) >= 11 is 2.01. The number of thioether (sulfide) groups is 1. The van der Waals surface area contributed by atoms with E-state index in [1.807, 2.05) is 11.8 Å². The molecule has 1 atom stereocenters. The highest BCUT2D eigenvalue weighted by Gasteiger charge is 2.29. The van der Waals surface area contributed by atoms with E-state index in [1.54, 1.807) is 7.05 Å². The van der Waals surface area contributed by atoms with Gasteiger partial charge in [0.2, 0.25) is 0 Å². The molecule has 6 nitrogen and oxygen atoms in total. The molecule has 1 unspecified atom stereocenters. The highest BCUT2D eigenvalue weighted by molar-refractivity contribution is 8.00. The maximum absolute atomic E-state index is 10.9. The lowest BCUT2D eigenvalue weighted by atomic mass is 10.1. The first kappa shape index (κ1) is 18.6. The first-order chi connectivity index (χ1) is 9.85. The quantitative estimate of drug-likeness (QED) is 0.381. The van der Waals surface area contributed by atoms with Gasteiger partial charge in [0.05, 0.1) is 19.0 Å². The molecule has 0 saturated carbocycles. The van der Waals surface area contributed by atoms with Crippen LogP contribution in [0.25, 0.3) is 0 Å². The molecule has 8 heteroatoms. The molecule has 0 aromatic heterocycles. The van der Waals surface area contributed by atoms with Crippen LogP contribution in [0.2, 0.25) is 0 Å². The lowest BCUT2D eigenvalue weighted by Crippen LogP contribution is -2.44. The molecular formula is C13H27N3O3S2. The minimum atomic E-state index is -2.94. The van der Waals surface area contributed by atoms with Gasteiger partial charge < -0.3 is 15.4 Å². The Bertz CT molecular complexity index is 432. The van der Waals surface area contributed by atoms with Crippen molar-refractivity contribution in [2.75, 3.05) is 51.1 Å². The average molecular weight is 338 g/mol. The van der Waals surface area contributed by atoms with Crippen molar-refractivity contribution in [1.82, 2.24) is 10.6 Å². The van der Waals surface area contributed by atoms with E-state index in [1.165, 1.54) is 24.9 Å². The second-order valence-electron chi connectivity index (χ2n) is 5.50. The van der Waals surface area contributed by atoms with Gasteiger partial charge in [-0.05, 0) is 25.5 Å². The molecule has 0 aromatic rings. The van der Waals surface area contributed by atoms with E-state index in [-0.39, 0.29) is 12.4 Å². The molecule has 0 amide bonds. The third kappa shape index (κ3) is 8.53. The number of nitrogens with one attached hydrogen (secondary N) is 2. The Morgan fingerprint density at radius 1 is 1.38 bits per heavy atom. The van der Waals surface area contributed by atoms with Crippen LogP contribution in [0.15, 0.2) is 4.99 Å². The van der Waals surface area contributed by atoms with Crippen molar-refractivity contribution in [2.45, 2.75) is 24.5 Å². The minimum Gasteiger partial charge on any atom is -0.379 e. The van der Waals surface area contributed by atoms with Crippen molar-refractivity contribution in [2.24, 2.45) is 4.99 Å². The Labute approximate surface area is 132 Å². The van der Waals surface area contributed by atoms with Crippen LogP contribution in [0.3, 0.4) is 0 Å². The molecule has 1 aliphatic rings. The topological polar surface area (TPSA) is 79.8 Å². The van der Waals surface area contributed by atoms with E-state index >= 15 is 0 Å². The number of nitrogens with zero attached hydrogens (tertiary/aromatic N) is 1. The Balaban J connectivity index is 2.11. The number of hydrogen-bond acceptors (Lipinski definition) is 5. The zero-order valence-electron chi connectivity index (χ0n) is 13.1. The van der Waals surface area contributed by atoms with Crippen molar-refractivity contribution in [3.05, 3.63) is 0 Å². The van der Waals surface area contributed by atoms with Gasteiger partial charge in [0, 0.05) is 31.1 Å². The highest BCUT2D eigenvalue weighted by Crippen LogP contribution is 2.36. The number of sulfone groups is 1. The van der Waals surface area contributed by atoms with Gasteiger partial charge in [0.15, 0.2) is 5.96 Å². The van der Waals surface area contributed by atoms with E-state index < -0.39 is 9.84 Å². The van der Waals surface area contributed by atoms with Gasteiger partial charge in [-0.1, -0.05) is 0 Å². The van der Waals surface area contributed by atoms with Crippen molar-refractivity contribution < 1.29 is 13.2 Å². The average Bonchev–Trinajstić information content (AvgIpc) is 2.83. The van der Waals surface area contributed by atoms with Gasteiger partial charge >= 0.3 is 0 Å². The van der Waals surface area contributed by atoms with Gasteiger partial charge in [-0.2, -0.15) is 11.8 Å². The summed E-state index contributed by atoms with van der Waals surface area (Å²) in [6.45, 7) is 4.47. The second-order valence-corrected chi connectivity index (χ2v) is 9.44. The summed E-state index contributed by atoms with van der Waals surface area (Å²) in [6.07, 6.45) is 3.72. The summed E-state index contributed by atoms with van der Waals surface area (Å²) in [5.74, 6) is 2.06. The number of hydrogen-bond donors (Lipinski definition) is 2. The Morgan fingerprint density at radius 3 is 2.71 bits per heavy atom. The van der Waals surface area contributed by atoms with Crippen LogP contribution in [0, 0.1) is 0 Å². The van der Waals surface area contributed by atoms with Gasteiger partial charge in [0.1, 0.15) is 9.84 Å². The smallest absolute Gasteiger partial charge is 0.191 e. The molecule has 1 aliphatic heterocycles. The van der Waals surface area contributed by atoms with E-state index in [9.17, 15) is 8.42 Å². The van der Waals surface area contributed by atoms with Crippen molar-refractivity contribution >= 4 is 27.6 Å². The lowest BCUT2D eigenvalue weighted by Gasteiger charge is -2.24. The van der Waals surface area contributed by atoms with Gasteiger partial charge in [0.25, 0.3) is 0 Å². The van der Waals surface area contributed by atoms with Crippen molar-refractivity contribution in [1.29, 1.82) is 0 Å². The van der Waals surface area contributed by atoms with E-state index in [0.717, 1.165) is 12.5 Å². The fourth-order valence-electron chi connectivity index (χ4n) is 2.02. The second kappa shape index (κ2) is 8.85. The fraction of sp³-hybridized carbons (Fsp3) is 0.923. The molecule has 0 spiro atoms. The third-order valence-corrected chi connectivity index (χ3v) is 5.74. The summed E-state index contributed by atoms with van der Waals surface area (Å²) in [4.78, 5) is 4.17. The largest absolute Gasteiger partial charge is 0.379 e. The van der Waals surface area contributed by atoms with Crippen LogP contribution in [0.5, 0.6) is 0 Å². The van der Waals surface area contributed by atoms with Crippen LogP contribution in [0.4, 0.5) is 0 Å². The minimum absolute atomic E-state index is 0.0650. The Morgan fingerprint density at radius 2 is 2.14 bits per heavy atom. The number of ether oxygens (including phenoxy) is 1. The van der Waals surface area contributed by atoms with Gasteiger partial charge in [-0.3, -0.25) is 4.99 Å². The first-order valence-corrected chi connectivity index (χ1v) is 10.2. The third-order valence-electron chi connectivity index (χ3n) is 3.29. The van der Waals surface area contributed by atoms with Gasteiger partial charge in [-0.25, -0.2) is 8.42 Å². The normalized spacial score (nSPS) is 23.3. The summed E-state index contributed by atoms with van der Waals surface area (Å²) < 4.78 is 27.4. The molecule has 0 bridgehead atoms. The predicted octanol–water partition coefficient (Wildman–Crippen LogP) is 0.498. The summed E-state index contributed by atoms with van der Waals surface area (Å²) in [6, 6.07) is 0. The molecule has 1 heterocycles. The van der Waals surface area contributed by atoms with Crippen LogP contribution >= 0.6 is 11.8 Å². The molecule has 1 fully saturated rings. The zero-order chi connectivity index (χ0) is 15.8. The van der Waals surface area contributed by atoms with Crippen LogP contribution in [-0.2, 0) is 14.6 Å². The number of guanidine groups is 1. The Hall–Kier alpha value is -0.470. The maximum atomic E-state index is 10.9. The molecule has 21 heavy (non-hydrogen) atoms. The van der Waals surface area contributed by atoms with Crippen LogP contribution in [0.1, 0.15) is 19.8 Å². The molecule has 0 aromatic carbocycles. The van der Waals surface area contributed by atoms with Crippen LogP contribution < -0.4 is 10.6 Å². The summed E-state index contributed by atoms with van der Waals surface area (Å²) in [5, 5.41) is 6.50. The standard InChI is InChI=1S/C13H27N3O3S2/c1-13(5-4-9-20-13)11-16-12(14-2)15-6-7-19-8-10-21(3,17)18/h4-11H2,1-3H3,(H2,14,15,16). The maximum Gasteiger partial charge on any atom is 0.191 e. The van der Waals surface area contributed by atoms with E-state index in [2.05, 4.69) is 22.5 Å². The molecule has 2 N–H and O–H groups in total. The molecule has 1 saturated heterocycles. The number of aliphatic imine (C=N–C) groups is 1. The first-order valence-electron chi connectivity index (χ1n) is 7.19. The summed E-state index contributed by atoms with van der Waals surface area (Å²) in [5.41, 5.74) is 0. The highest BCUT2D eigenvalue weighted by atomic mass is 32.2. The van der Waals surface area contributed by atoms with E-state index in [0.29, 0.717) is 17.9 Å². The van der Waals surface area contributed by atoms with E-state index in [4.69, 9.17) is 4.74 Å². The molecule has 1 rings (SSSR count). The Kier molecular flexibility index (Phi) is 7.83. The SMILES string of the molecule is CN=C(NCCOCCS(C)(=O)=O)NCC1(C)CCCS1. The molecule has 0 aliphatic carbocycles. The van der Waals surface area contributed by atoms with Gasteiger partial charge in [-0.15, -0.1) is 0 Å². The predicted molar refractivity (Wildman–Crippen MR) is 90.0 cm³/mol. The lowest BCUT2D eigenvalue weighted by molar-refractivity contribution is 0.154. The number of rotatable bonds is 8. The summed E-state index contributed by atoms with van der Waals surface area (Å²) in [7, 11) is -1.20. The van der Waals surface area contributed by atoms with Crippen LogP contribution in [-0.4, -0.2) is 70.2 Å². The zero-order valence-corrected chi connectivity index (χ0v) is 14.8. The van der Waals surface area contributed by atoms with Crippen molar-refractivity contribution in [3.8, 4) is 0 Å². The fourth-order valence-corrected chi connectivity index (χ4v) is 3.69.